The Hall–Kier alpha value is -1.35. The van der Waals surface area contributed by atoms with Crippen LogP contribution in [0.4, 0.5) is 0 Å². The second kappa shape index (κ2) is 6.01. The van der Waals surface area contributed by atoms with Gasteiger partial charge in [0.2, 0.25) is 5.91 Å². The van der Waals surface area contributed by atoms with Gasteiger partial charge in [0.05, 0.1) is 0 Å². The van der Waals surface area contributed by atoms with Crippen LogP contribution in [0.2, 0.25) is 0 Å². The highest BCUT2D eigenvalue weighted by Crippen LogP contribution is 2.18. The van der Waals surface area contributed by atoms with Gasteiger partial charge in [0, 0.05) is 13.1 Å². The normalized spacial score (nSPS) is 16.9. The molecule has 1 saturated heterocycles. The third-order valence-corrected chi connectivity index (χ3v) is 3.56. The molecule has 1 aromatic carbocycles. The fraction of sp³-hybridized carbons (Fsp3) is 0.533. The first kappa shape index (κ1) is 13.1. The zero-order chi connectivity index (χ0) is 13.0. The highest BCUT2D eigenvalue weighted by molar-refractivity contribution is 5.83. The predicted octanol–water partition coefficient (Wildman–Crippen LogP) is 2.26. The van der Waals surface area contributed by atoms with Crippen molar-refractivity contribution in [2.45, 2.75) is 38.6 Å². The van der Waals surface area contributed by atoms with Crippen LogP contribution >= 0.6 is 0 Å². The highest BCUT2D eigenvalue weighted by atomic mass is 16.2. The number of amides is 1. The van der Waals surface area contributed by atoms with E-state index in [1.165, 1.54) is 5.56 Å². The molecule has 0 spiro atoms. The van der Waals surface area contributed by atoms with Crippen molar-refractivity contribution in [3.05, 3.63) is 35.4 Å². The van der Waals surface area contributed by atoms with Crippen molar-refractivity contribution < 1.29 is 4.79 Å². The van der Waals surface area contributed by atoms with Crippen LogP contribution in [0.3, 0.4) is 0 Å². The topological polar surface area (TPSA) is 46.3 Å². The second-order valence-corrected chi connectivity index (χ2v) is 5.00. The minimum absolute atomic E-state index is 0.0655. The summed E-state index contributed by atoms with van der Waals surface area (Å²) in [7, 11) is 0. The molecular formula is C15H22N2O. The van der Waals surface area contributed by atoms with Crippen molar-refractivity contribution >= 4 is 5.91 Å². The van der Waals surface area contributed by atoms with Gasteiger partial charge in [0.15, 0.2) is 0 Å². The van der Waals surface area contributed by atoms with Crippen LogP contribution in [0.5, 0.6) is 0 Å². The zero-order valence-electron chi connectivity index (χ0n) is 11.1. The van der Waals surface area contributed by atoms with Crippen LogP contribution < -0.4 is 5.73 Å². The maximum Gasteiger partial charge on any atom is 0.244 e. The smallest absolute Gasteiger partial charge is 0.244 e. The molecule has 0 aromatic heterocycles. The van der Waals surface area contributed by atoms with Gasteiger partial charge < -0.3 is 10.6 Å². The number of rotatable bonds is 4. The number of carbonyl (C=O) groups is 1. The van der Waals surface area contributed by atoms with E-state index in [2.05, 4.69) is 19.1 Å². The Morgan fingerprint density at radius 3 is 2.44 bits per heavy atom. The lowest BCUT2D eigenvalue weighted by Gasteiger charge is -2.20. The van der Waals surface area contributed by atoms with E-state index >= 15 is 0 Å². The van der Waals surface area contributed by atoms with E-state index in [4.69, 9.17) is 5.73 Å². The van der Waals surface area contributed by atoms with Crippen LogP contribution in [0, 0.1) is 0 Å². The predicted molar refractivity (Wildman–Crippen MR) is 73.2 cm³/mol. The molecule has 1 unspecified atom stereocenters. The molecule has 0 radical (unpaired) electrons. The summed E-state index contributed by atoms with van der Waals surface area (Å²) in [5.41, 5.74) is 8.28. The third-order valence-electron chi connectivity index (χ3n) is 3.56. The Kier molecular flexibility index (Phi) is 4.37. The Balaban J connectivity index is 2.03. The number of carbonyl (C=O) groups excluding carboxylic acids is 1. The van der Waals surface area contributed by atoms with Gasteiger partial charge in [0.25, 0.3) is 0 Å². The number of hydrogen-bond acceptors (Lipinski definition) is 2. The van der Waals surface area contributed by atoms with Crippen molar-refractivity contribution in [1.82, 2.24) is 4.90 Å². The summed E-state index contributed by atoms with van der Waals surface area (Å²) in [6, 6.07) is 7.64. The number of nitrogens with two attached hydrogens (primary N) is 1. The largest absolute Gasteiger partial charge is 0.341 e. The van der Waals surface area contributed by atoms with Crippen LogP contribution in [0.25, 0.3) is 0 Å². The second-order valence-electron chi connectivity index (χ2n) is 5.00. The van der Waals surface area contributed by atoms with E-state index in [1.807, 2.05) is 17.0 Å². The first-order chi connectivity index (χ1) is 8.72. The minimum atomic E-state index is -0.501. The van der Waals surface area contributed by atoms with Crippen LogP contribution in [0.15, 0.2) is 24.3 Å². The highest BCUT2D eigenvalue weighted by Gasteiger charge is 2.24. The summed E-state index contributed by atoms with van der Waals surface area (Å²) < 4.78 is 0. The van der Waals surface area contributed by atoms with Gasteiger partial charge in [-0.05, 0) is 30.4 Å². The summed E-state index contributed by atoms with van der Waals surface area (Å²) >= 11 is 0. The maximum atomic E-state index is 12.2. The van der Waals surface area contributed by atoms with Crippen molar-refractivity contribution in [2.24, 2.45) is 5.73 Å². The summed E-state index contributed by atoms with van der Waals surface area (Å²) in [6.45, 7) is 3.89. The molecule has 0 saturated carbocycles. The van der Waals surface area contributed by atoms with Crippen molar-refractivity contribution in [3.63, 3.8) is 0 Å². The lowest BCUT2D eigenvalue weighted by Crippen LogP contribution is -2.36. The Morgan fingerprint density at radius 2 is 1.89 bits per heavy atom. The SMILES string of the molecule is CCCc1ccc(C(N)C(=O)N2CCCC2)cc1. The average Bonchev–Trinajstić information content (AvgIpc) is 2.92. The molecule has 1 atom stereocenters. The molecular weight excluding hydrogens is 224 g/mol. The van der Waals surface area contributed by atoms with E-state index in [0.717, 1.165) is 44.3 Å². The van der Waals surface area contributed by atoms with Gasteiger partial charge in [0.1, 0.15) is 6.04 Å². The summed E-state index contributed by atoms with van der Waals surface area (Å²) in [6.07, 6.45) is 4.43. The number of likely N-dealkylation sites (tertiary alicyclic amines) is 1. The summed E-state index contributed by atoms with van der Waals surface area (Å²) in [4.78, 5) is 14.0. The average molecular weight is 246 g/mol. The van der Waals surface area contributed by atoms with Crippen LogP contribution in [0.1, 0.15) is 43.4 Å². The molecule has 1 aliphatic rings. The van der Waals surface area contributed by atoms with E-state index < -0.39 is 6.04 Å². The molecule has 1 heterocycles. The number of aryl methyl sites for hydroxylation is 1. The molecule has 0 bridgehead atoms. The van der Waals surface area contributed by atoms with Gasteiger partial charge >= 0.3 is 0 Å². The first-order valence-corrected chi connectivity index (χ1v) is 6.85. The van der Waals surface area contributed by atoms with Crippen LogP contribution in [-0.4, -0.2) is 23.9 Å². The fourth-order valence-corrected chi connectivity index (χ4v) is 2.46. The molecule has 18 heavy (non-hydrogen) atoms. The zero-order valence-corrected chi connectivity index (χ0v) is 11.1. The summed E-state index contributed by atoms with van der Waals surface area (Å²) in [5.74, 6) is 0.0655. The molecule has 98 valence electrons. The van der Waals surface area contributed by atoms with Crippen molar-refractivity contribution in [1.29, 1.82) is 0 Å². The molecule has 1 fully saturated rings. The molecule has 2 N–H and O–H groups in total. The Morgan fingerprint density at radius 1 is 1.28 bits per heavy atom. The van der Waals surface area contributed by atoms with E-state index in [1.54, 1.807) is 0 Å². The molecule has 3 nitrogen and oxygen atoms in total. The standard InChI is InChI=1S/C15H22N2O/c1-2-5-12-6-8-13(9-7-12)14(16)15(18)17-10-3-4-11-17/h6-9,14H,2-5,10-11,16H2,1H3. The van der Waals surface area contributed by atoms with Gasteiger partial charge in [-0.15, -0.1) is 0 Å². The molecule has 3 heteroatoms. The van der Waals surface area contributed by atoms with Gasteiger partial charge in [-0.2, -0.15) is 0 Å². The lowest BCUT2D eigenvalue weighted by molar-refractivity contribution is -0.131. The molecule has 1 aliphatic heterocycles. The Bertz CT molecular complexity index is 393. The summed E-state index contributed by atoms with van der Waals surface area (Å²) in [5, 5.41) is 0. The maximum absolute atomic E-state index is 12.2. The fourth-order valence-electron chi connectivity index (χ4n) is 2.46. The first-order valence-electron chi connectivity index (χ1n) is 6.85. The number of benzene rings is 1. The lowest BCUT2D eigenvalue weighted by atomic mass is 10.0. The van der Waals surface area contributed by atoms with E-state index in [0.29, 0.717) is 0 Å². The van der Waals surface area contributed by atoms with E-state index in [-0.39, 0.29) is 5.91 Å². The Labute approximate surface area is 109 Å². The van der Waals surface area contributed by atoms with Crippen molar-refractivity contribution in [2.75, 3.05) is 13.1 Å². The monoisotopic (exact) mass is 246 g/mol. The van der Waals surface area contributed by atoms with Crippen LogP contribution in [-0.2, 0) is 11.2 Å². The van der Waals surface area contributed by atoms with Crippen molar-refractivity contribution in [3.8, 4) is 0 Å². The van der Waals surface area contributed by atoms with Gasteiger partial charge in [-0.3, -0.25) is 4.79 Å². The minimum Gasteiger partial charge on any atom is -0.341 e. The van der Waals surface area contributed by atoms with E-state index in [9.17, 15) is 4.79 Å². The quantitative estimate of drug-likeness (QED) is 0.885. The molecule has 2 rings (SSSR count). The number of nitrogens with zero attached hydrogens (tertiary/aromatic N) is 1. The molecule has 1 amide bonds. The third kappa shape index (κ3) is 2.91. The number of hydrogen-bond donors (Lipinski definition) is 1. The van der Waals surface area contributed by atoms with Gasteiger partial charge in [-0.25, -0.2) is 0 Å². The van der Waals surface area contributed by atoms with Gasteiger partial charge in [-0.1, -0.05) is 37.6 Å². The molecule has 1 aromatic rings. The molecule has 0 aliphatic carbocycles.